The van der Waals surface area contributed by atoms with Crippen LogP contribution in [-0.4, -0.2) is 22.6 Å². The van der Waals surface area contributed by atoms with Gasteiger partial charge in [-0.25, -0.2) is 0 Å². The first kappa shape index (κ1) is 10.2. The highest BCUT2D eigenvalue weighted by molar-refractivity contribution is 5.83. The normalized spacial score (nSPS) is 18.2. The lowest BCUT2D eigenvalue weighted by Gasteiger charge is -2.38. The van der Waals surface area contributed by atoms with Gasteiger partial charge in [0.05, 0.1) is 12.0 Å². The molecule has 1 amide bonds. The number of H-pyrrole nitrogens is 1. The van der Waals surface area contributed by atoms with E-state index in [1.165, 1.54) is 0 Å². The highest BCUT2D eigenvalue weighted by Gasteiger charge is 2.43. The third-order valence-electron chi connectivity index (χ3n) is 3.21. The van der Waals surface area contributed by atoms with Gasteiger partial charge in [-0.05, 0) is 24.5 Å². The van der Waals surface area contributed by atoms with E-state index >= 15 is 0 Å². The Hall–Kier alpha value is -1.29. The average molecular weight is 208 g/mol. The molecular weight excluding hydrogens is 192 g/mol. The van der Waals surface area contributed by atoms with Crippen LogP contribution in [0.4, 0.5) is 0 Å². The fourth-order valence-corrected chi connectivity index (χ4v) is 1.90. The van der Waals surface area contributed by atoms with Crippen molar-refractivity contribution in [3.63, 3.8) is 0 Å². The number of carbonyl (C=O) groups excluding carboxylic acids is 1. The summed E-state index contributed by atoms with van der Waals surface area (Å²) in [6.07, 6.45) is 6.34. The Bertz CT molecular complexity index is 323. The second-order valence-corrected chi connectivity index (χ2v) is 4.19. The maximum absolute atomic E-state index is 11.8. The number of amides is 1. The SMILES string of the molecule is O=C(NCc1cc[nH]c1)C1(CO)CCC1. The standard InChI is InChI=1S/C11H16N2O2/c14-8-11(3-1-4-11)10(15)13-7-9-2-5-12-6-9/h2,5-6,12,14H,1,3-4,7-8H2,(H,13,15). The Morgan fingerprint density at radius 1 is 1.60 bits per heavy atom. The minimum atomic E-state index is -0.490. The Morgan fingerprint density at radius 2 is 2.40 bits per heavy atom. The third kappa shape index (κ3) is 1.90. The van der Waals surface area contributed by atoms with Crippen LogP contribution in [0.3, 0.4) is 0 Å². The molecule has 4 nitrogen and oxygen atoms in total. The molecule has 1 aliphatic carbocycles. The van der Waals surface area contributed by atoms with Gasteiger partial charge >= 0.3 is 0 Å². The third-order valence-corrected chi connectivity index (χ3v) is 3.21. The van der Waals surface area contributed by atoms with Crippen molar-refractivity contribution in [3.8, 4) is 0 Å². The first-order chi connectivity index (χ1) is 7.27. The summed E-state index contributed by atoms with van der Waals surface area (Å²) in [6.45, 7) is 0.496. The van der Waals surface area contributed by atoms with Crippen LogP contribution in [0.15, 0.2) is 18.5 Å². The maximum atomic E-state index is 11.8. The summed E-state index contributed by atoms with van der Waals surface area (Å²) < 4.78 is 0. The molecule has 0 atom stereocenters. The summed E-state index contributed by atoms with van der Waals surface area (Å²) >= 11 is 0. The van der Waals surface area contributed by atoms with Crippen LogP contribution in [0.1, 0.15) is 24.8 Å². The molecule has 82 valence electrons. The highest BCUT2D eigenvalue weighted by Crippen LogP contribution is 2.40. The molecule has 0 bridgehead atoms. The molecule has 3 N–H and O–H groups in total. The van der Waals surface area contributed by atoms with Crippen LogP contribution < -0.4 is 5.32 Å². The molecule has 1 aromatic rings. The molecule has 1 aromatic heterocycles. The van der Waals surface area contributed by atoms with Gasteiger partial charge in [-0.2, -0.15) is 0 Å². The highest BCUT2D eigenvalue weighted by atomic mass is 16.3. The van der Waals surface area contributed by atoms with Gasteiger partial charge in [-0.15, -0.1) is 0 Å². The van der Waals surface area contributed by atoms with Crippen molar-refractivity contribution in [3.05, 3.63) is 24.0 Å². The number of aliphatic hydroxyl groups is 1. The van der Waals surface area contributed by atoms with Gasteiger partial charge in [-0.3, -0.25) is 4.79 Å². The Morgan fingerprint density at radius 3 is 2.87 bits per heavy atom. The second-order valence-electron chi connectivity index (χ2n) is 4.19. The maximum Gasteiger partial charge on any atom is 0.228 e. The van der Waals surface area contributed by atoms with Crippen molar-refractivity contribution >= 4 is 5.91 Å². The number of aliphatic hydroxyl groups excluding tert-OH is 1. The van der Waals surface area contributed by atoms with Crippen molar-refractivity contribution in [2.24, 2.45) is 5.41 Å². The smallest absolute Gasteiger partial charge is 0.228 e. The molecule has 4 heteroatoms. The predicted molar refractivity (Wildman–Crippen MR) is 56.0 cm³/mol. The van der Waals surface area contributed by atoms with Gasteiger partial charge in [0.25, 0.3) is 0 Å². The van der Waals surface area contributed by atoms with Crippen LogP contribution in [0, 0.1) is 5.41 Å². The van der Waals surface area contributed by atoms with E-state index in [1.807, 2.05) is 18.5 Å². The second kappa shape index (κ2) is 4.06. The van der Waals surface area contributed by atoms with Gasteiger partial charge in [0, 0.05) is 18.9 Å². The summed E-state index contributed by atoms with van der Waals surface area (Å²) in [4.78, 5) is 14.7. The summed E-state index contributed by atoms with van der Waals surface area (Å²) in [5.74, 6) is -0.0162. The Balaban J connectivity index is 1.87. The van der Waals surface area contributed by atoms with E-state index in [-0.39, 0.29) is 12.5 Å². The number of nitrogens with one attached hydrogen (secondary N) is 2. The lowest BCUT2D eigenvalue weighted by Crippen LogP contribution is -2.47. The molecule has 0 saturated heterocycles. The van der Waals surface area contributed by atoms with Crippen molar-refractivity contribution in [1.29, 1.82) is 0 Å². The first-order valence-corrected chi connectivity index (χ1v) is 5.28. The van der Waals surface area contributed by atoms with E-state index in [2.05, 4.69) is 10.3 Å². The van der Waals surface area contributed by atoms with Gasteiger partial charge in [0.1, 0.15) is 0 Å². The fraction of sp³-hybridized carbons (Fsp3) is 0.545. The molecule has 1 fully saturated rings. The molecule has 15 heavy (non-hydrogen) atoms. The van der Waals surface area contributed by atoms with E-state index in [1.54, 1.807) is 0 Å². The van der Waals surface area contributed by atoms with E-state index in [0.29, 0.717) is 6.54 Å². The lowest BCUT2D eigenvalue weighted by atomic mass is 9.68. The molecule has 0 unspecified atom stereocenters. The van der Waals surface area contributed by atoms with Crippen molar-refractivity contribution in [1.82, 2.24) is 10.3 Å². The number of hydrogen-bond acceptors (Lipinski definition) is 2. The average Bonchev–Trinajstić information content (AvgIpc) is 2.66. The Labute approximate surface area is 88.7 Å². The molecule has 0 aromatic carbocycles. The summed E-state index contributed by atoms with van der Waals surface area (Å²) in [5.41, 5.74) is 0.562. The van der Waals surface area contributed by atoms with Gasteiger partial charge in [-0.1, -0.05) is 6.42 Å². The molecule has 1 aliphatic rings. The first-order valence-electron chi connectivity index (χ1n) is 5.28. The number of aromatic amines is 1. The topological polar surface area (TPSA) is 65.1 Å². The fourth-order valence-electron chi connectivity index (χ4n) is 1.90. The van der Waals surface area contributed by atoms with Gasteiger partial charge in [0.2, 0.25) is 5.91 Å². The quantitative estimate of drug-likeness (QED) is 0.685. The molecule has 0 radical (unpaired) electrons. The lowest BCUT2D eigenvalue weighted by molar-refractivity contribution is -0.139. The summed E-state index contributed by atoms with van der Waals surface area (Å²) in [6, 6.07) is 1.92. The zero-order valence-electron chi connectivity index (χ0n) is 8.62. The van der Waals surface area contributed by atoms with Crippen molar-refractivity contribution in [2.45, 2.75) is 25.8 Å². The number of carbonyl (C=O) groups is 1. The molecule has 1 saturated carbocycles. The van der Waals surface area contributed by atoms with Crippen LogP contribution >= 0.6 is 0 Å². The zero-order valence-corrected chi connectivity index (χ0v) is 8.62. The monoisotopic (exact) mass is 208 g/mol. The number of rotatable bonds is 4. The minimum Gasteiger partial charge on any atom is -0.395 e. The zero-order chi connectivity index (χ0) is 10.7. The van der Waals surface area contributed by atoms with E-state index in [9.17, 15) is 9.90 Å². The van der Waals surface area contributed by atoms with Gasteiger partial charge < -0.3 is 15.4 Å². The van der Waals surface area contributed by atoms with Crippen molar-refractivity contribution in [2.75, 3.05) is 6.61 Å². The number of hydrogen-bond donors (Lipinski definition) is 3. The predicted octanol–water partition coefficient (Wildman–Crippen LogP) is 0.793. The molecular formula is C11H16N2O2. The minimum absolute atomic E-state index is 0.0162. The van der Waals surface area contributed by atoms with Crippen LogP contribution in [0.2, 0.25) is 0 Å². The van der Waals surface area contributed by atoms with Crippen LogP contribution in [0.5, 0.6) is 0 Å². The molecule has 2 rings (SSSR count). The number of aromatic nitrogens is 1. The summed E-state index contributed by atoms with van der Waals surface area (Å²) in [7, 11) is 0. The van der Waals surface area contributed by atoms with E-state index in [0.717, 1.165) is 24.8 Å². The summed E-state index contributed by atoms with van der Waals surface area (Å²) in [5, 5.41) is 12.1. The largest absolute Gasteiger partial charge is 0.395 e. The Kier molecular flexibility index (Phi) is 2.77. The molecule has 0 spiro atoms. The van der Waals surface area contributed by atoms with Gasteiger partial charge in [0.15, 0.2) is 0 Å². The van der Waals surface area contributed by atoms with Crippen molar-refractivity contribution < 1.29 is 9.90 Å². The van der Waals surface area contributed by atoms with E-state index in [4.69, 9.17) is 0 Å². The van der Waals surface area contributed by atoms with Crippen LogP contribution in [0.25, 0.3) is 0 Å². The van der Waals surface area contributed by atoms with Crippen LogP contribution in [-0.2, 0) is 11.3 Å². The molecule has 1 heterocycles. The molecule has 0 aliphatic heterocycles. The van der Waals surface area contributed by atoms with E-state index < -0.39 is 5.41 Å².